The van der Waals surface area contributed by atoms with Gasteiger partial charge in [-0.25, -0.2) is 4.39 Å². The smallest absolute Gasteiger partial charge is 0.259 e. The molecule has 0 bridgehead atoms. The van der Waals surface area contributed by atoms with Crippen LogP contribution in [0.3, 0.4) is 0 Å². The van der Waals surface area contributed by atoms with Gasteiger partial charge < -0.3 is 4.74 Å². The van der Waals surface area contributed by atoms with Crippen molar-refractivity contribution in [3.05, 3.63) is 64.5 Å². The predicted molar refractivity (Wildman–Crippen MR) is 83.8 cm³/mol. The molecule has 0 spiro atoms. The molecule has 2 aromatic rings. The van der Waals surface area contributed by atoms with E-state index in [4.69, 9.17) is 4.74 Å². The molecule has 0 saturated heterocycles. The molecule has 0 unspecified atom stereocenters. The van der Waals surface area contributed by atoms with Crippen LogP contribution in [0, 0.1) is 5.82 Å². The largest absolute Gasteiger partial charge is 0.492 e. The minimum absolute atomic E-state index is 0.141. The van der Waals surface area contributed by atoms with Crippen molar-refractivity contribution in [1.82, 2.24) is 5.32 Å². The zero-order valence-corrected chi connectivity index (χ0v) is 12.9. The first-order valence-corrected chi connectivity index (χ1v) is 7.38. The Morgan fingerprint density at radius 1 is 1.17 bits per heavy atom. The maximum Gasteiger partial charge on any atom is 0.259 e. The Hall–Kier alpha value is -3.02. The van der Waals surface area contributed by atoms with E-state index in [1.165, 1.54) is 19.1 Å². The average Bonchev–Trinajstić information content (AvgIpc) is 2.83. The molecule has 5 nitrogen and oxygen atoms in total. The maximum atomic E-state index is 13.4. The SMILES string of the molecule is CC(=O)c1ccc(F)cc1OCCc1cccc2c1C(=O)NC2=O. The number of hydrogen-bond acceptors (Lipinski definition) is 4. The number of ether oxygens (including phenoxy) is 1. The van der Waals surface area contributed by atoms with Gasteiger partial charge in [-0.15, -0.1) is 0 Å². The minimum Gasteiger partial charge on any atom is -0.492 e. The number of ketones is 1. The molecule has 0 radical (unpaired) electrons. The highest BCUT2D eigenvalue weighted by atomic mass is 19.1. The Kier molecular flexibility index (Phi) is 4.12. The van der Waals surface area contributed by atoms with Gasteiger partial charge in [0.15, 0.2) is 5.78 Å². The molecule has 2 aromatic carbocycles. The minimum atomic E-state index is -0.499. The van der Waals surface area contributed by atoms with Crippen molar-refractivity contribution in [2.75, 3.05) is 6.61 Å². The first-order valence-electron chi connectivity index (χ1n) is 7.38. The number of benzene rings is 2. The Morgan fingerprint density at radius 3 is 2.71 bits per heavy atom. The monoisotopic (exact) mass is 327 g/mol. The van der Waals surface area contributed by atoms with Crippen molar-refractivity contribution in [3.8, 4) is 5.75 Å². The molecule has 1 aliphatic rings. The Balaban J connectivity index is 1.77. The summed E-state index contributed by atoms with van der Waals surface area (Å²) in [6, 6.07) is 8.74. The number of rotatable bonds is 5. The highest BCUT2D eigenvalue weighted by Crippen LogP contribution is 2.23. The molecule has 1 N–H and O–H groups in total. The molecule has 122 valence electrons. The zero-order chi connectivity index (χ0) is 17.3. The fourth-order valence-electron chi connectivity index (χ4n) is 2.68. The molecule has 2 amide bonds. The molecule has 0 saturated carbocycles. The van der Waals surface area contributed by atoms with E-state index in [9.17, 15) is 18.8 Å². The van der Waals surface area contributed by atoms with Crippen LogP contribution >= 0.6 is 0 Å². The van der Waals surface area contributed by atoms with Gasteiger partial charge in [0.1, 0.15) is 11.6 Å². The second kappa shape index (κ2) is 6.23. The van der Waals surface area contributed by atoms with E-state index in [1.807, 2.05) is 0 Å². The van der Waals surface area contributed by atoms with E-state index in [0.717, 1.165) is 6.07 Å². The van der Waals surface area contributed by atoms with Crippen LogP contribution in [0.4, 0.5) is 4.39 Å². The number of carbonyl (C=O) groups is 3. The van der Waals surface area contributed by atoms with Crippen LogP contribution in [-0.4, -0.2) is 24.2 Å². The Morgan fingerprint density at radius 2 is 1.96 bits per heavy atom. The molecular weight excluding hydrogens is 313 g/mol. The summed E-state index contributed by atoms with van der Waals surface area (Å²) < 4.78 is 18.9. The van der Waals surface area contributed by atoms with Crippen molar-refractivity contribution < 1.29 is 23.5 Å². The molecule has 0 aromatic heterocycles. The number of nitrogens with one attached hydrogen (secondary N) is 1. The lowest BCUT2D eigenvalue weighted by Crippen LogP contribution is -2.20. The quantitative estimate of drug-likeness (QED) is 0.676. The van der Waals surface area contributed by atoms with Crippen LogP contribution in [0.25, 0.3) is 0 Å². The van der Waals surface area contributed by atoms with E-state index < -0.39 is 17.6 Å². The summed E-state index contributed by atoms with van der Waals surface area (Å²) in [4.78, 5) is 35.0. The Labute approximate surface area is 137 Å². The first kappa shape index (κ1) is 15.9. The second-order valence-corrected chi connectivity index (χ2v) is 5.42. The summed E-state index contributed by atoms with van der Waals surface area (Å²) in [6.45, 7) is 1.52. The molecule has 0 aliphatic carbocycles. The van der Waals surface area contributed by atoms with Gasteiger partial charge in [-0.2, -0.15) is 0 Å². The first-order chi connectivity index (χ1) is 11.5. The molecular formula is C18H14FNO4. The van der Waals surface area contributed by atoms with Gasteiger partial charge in [0, 0.05) is 12.5 Å². The molecule has 1 aliphatic heterocycles. The topological polar surface area (TPSA) is 72.5 Å². The van der Waals surface area contributed by atoms with Crippen molar-refractivity contribution in [1.29, 1.82) is 0 Å². The highest BCUT2D eigenvalue weighted by molar-refractivity contribution is 6.22. The standard InChI is InChI=1S/C18H14FNO4/c1-10(21)13-6-5-12(19)9-15(13)24-8-7-11-3-2-4-14-16(11)18(23)20-17(14)22/h2-6,9H,7-8H2,1H3,(H,20,22,23). The maximum absolute atomic E-state index is 13.4. The number of halogens is 1. The van der Waals surface area contributed by atoms with E-state index in [2.05, 4.69) is 5.32 Å². The van der Waals surface area contributed by atoms with Crippen molar-refractivity contribution in [3.63, 3.8) is 0 Å². The van der Waals surface area contributed by atoms with Gasteiger partial charge in [-0.3, -0.25) is 19.7 Å². The fraction of sp³-hybridized carbons (Fsp3) is 0.167. The third kappa shape index (κ3) is 2.90. The summed E-state index contributed by atoms with van der Waals surface area (Å²) in [6.07, 6.45) is 0.345. The molecule has 3 rings (SSSR count). The van der Waals surface area contributed by atoms with Gasteiger partial charge in [-0.1, -0.05) is 12.1 Å². The lowest BCUT2D eigenvalue weighted by atomic mass is 10.0. The summed E-state index contributed by atoms with van der Waals surface area (Å²) in [5, 5.41) is 2.25. The fourth-order valence-corrected chi connectivity index (χ4v) is 2.68. The van der Waals surface area contributed by atoms with Gasteiger partial charge in [0.2, 0.25) is 0 Å². The van der Waals surface area contributed by atoms with Crippen LogP contribution < -0.4 is 10.1 Å². The predicted octanol–water partition coefficient (Wildman–Crippen LogP) is 2.53. The molecule has 0 fully saturated rings. The molecule has 24 heavy (non-hydrogen) atoms. The normalized spacial score (nSPS) is 12.8. The number of imide groups is 1. The van der Waals surface area contributed by atoms with Crippen LogP contribution in [-0.2, 0) is 6.42 Å². The Bertz CT molecular complexity index is 860. The summed E-state index contributed by atoms with van der Waals surface area (Å²) >= 11 is 0. The van der Waals surface area contributed by atoms with Crippen LogP contribution in [0.2, 0.25) is 0 Å². The number of fused-ring (bicyclic) bond motifs is 1. The molecule has 1 heterocycles. The number of carbonyl (C=O) groups excluding carboxylic acids is 3. The van der Waals surface area contributed by atoms with Crippen LogP contribution in [0.15, 0.2) is 36.4 Å². The third-order valence-corrected chi connectivity index (χ3v) is 3.80. The van der Waals surface area contributed by atoms with Crippen molar-refractivity contribution in [2.24, 2.45) is 0 Å². The highest BCUT2D eigenvalue weighted by Gasteiger charge is 2.28. The van der Waals surface area contributed by atoms with Crippen molar-refractivity contribution >= 4 is 17.6 Å². The zero-order valence-electron chi connectivity index (χ0n) is 12.9. The summed E-state index contributed by atoms with van der Waals surface area (Å²) in [5.41, 5.74) is 1.64. The van der Waals surface area contributed by atoms with E-state index in [1.54, 1.807) is 18.2 Å². The lowest BCUT2D eigenvalue weighted by Gasteiger charge is -2.11. The van der Waals surface area contributed by atoms with Crippen LogP contribution in [0.5, 0.6) is 5.75 Å². The van der Waals surface area contributed by atoms with E-state index >= 15 is 0 Å². The van der Waals surface area contributed by atoms with Crippen molar-refractivity contribution in [2.45, 2.75) is 13.3 Å². The molecule has 6 heteroatoms. The van der Waals surface area contributed by atoms with Gasteiger partial charge in [0.25, 0.3) is 11.8 Å². The lowest BCUT2D eigenvalue weighted by molar-refractivity contribution is 0.0878. The van der Waals surface area contributed by atoms with E-state index in [-0.39, 0.29) is 18.1 Å². The number of hydrogen-bond donors (Lipinski definition) is 1. The van der Waals surface area contributed by atoms with Gasteiger partial charge in [-0.05, 0) is 30.7 Å². The number of Topliss-reactive ketones (excluding diaryl/α,β-unsaturated/α-hetero) is 1. The summed E-state index contributed by atoms with van der Waals surface area (Å²) in [7, 11) is 0. The number of amides is 2. The van der Waals surface area contributed by atoms with Crippen LogP contribution in [0.1, 0.15) is 43.6 Å². The van der Waals surface area contributed by atoms with Gasteiger partial charge in [0.05, 0.1) is 23.3 Å². The summed E-state index contributed by atoms with van der Waals surface area (Å²) in [5.74, 6) is -1.41. The average molecular weight is 327 g/mol. The van der Waals surface area contributed by atoms with E-state index in [0.29, 0.717) is 28.7 Å². The second-order valence-electron chi connectivity index (χ2n) is 5.42. The third-order valence-electron chi connectivity index (χ3n) is 3.80. The van der Waals surface area contributed by atoms with Gasteiger partial charge >= 0.3 is 0 Å². The molecule has 0 atom stereocenters.